The number of ether oxygens (including phenoxy) is 1. The van der Waals surface area contributed by atoms with Gasteiger partial charge in [0, 0.05) is 11.3 Å². The second-order valence-corrected chi connectivity index (χ2v) is 2.82. The molecule has 0 amide bonds. The highest BCUT2D eigenvalue weighted by Crippen LogP contribution is 2.29. The van der Waals surface area contributed by atoms with Gasteiger partial charge in [0.05, 0.1) is 13.3 Å². The van der Waals surface area contributed by atoms with E-state index in [0.29, 0.717) is 11.4 Å². The van der Waals surface area contributed by atoms with E-state index in [1.54, 1.807) is 25.4 Å². The lowest BCUT2D eigenvalue weighted by Gasteiger charge is -2.04. The monoisotopic (exact) mass is 190 g/mol. The Hall–Kier alpha value is -1.97. The lowest BCUT2D eigenvalue weighted by molar-refractivity contribution is 0.415. The number of methoxy groups -OCH3 is 1. The molecule has 2 rings (SSSR count). The Labute approximate surface area is 81.3 Å². The van der Waals surface area contributed by atoms with E-state index in [9.17, 15) is 0 Å². The maximum absolute atomic E-state index is 5.79. The Balaban J connectivity index is 2.51. The molecule has 0 aliphatic heterocycles. The van der Waals surface area contributed by atoms with Gasteiger partial charge in [-0.1, -0.05) is 0 Å². The minimum absolute atomic E-state index is 0.640. The number of nitrogen functional groups attached to an aromatic ring is 1. The van der Waals surface area contributed by atoms with Crippen LogP contribution in [0.2, 0.25) is 0 Å². The zero-order valence-electron chi connectivity index (χ0n) is 7.73. The molecule has 0 aliphatic carbocycles. The molecule has 0 saturated heterocycles. The minimum Gasteiger partial charge on any atom is -0.497 e. The van der Waals surface area contributed by atoms with Gasteiger partial charge in [0.2, 0.25) is 0 Å². The molecule has 4 heteroatoms. The van der Waals surface area contributed by atoms with Crippen molar-refractivity contribution < 1.29 is 9.15 Å². The highest BCUT2D eigenvalue weighted by Gasteiger charge is 2.06. The SMILES string of the molecule is COc1ccc(N)c(-c2cnco2)c1. The van der Waals surface area contributed by atoms with Gasteiger partial charge in [0.25, 0.3) is 0 Å². The van der Waals surface area contributed by atoms with Crippen molar-refractivity contribution >= 4 is 5.69 Å². The first-order chi connectivity index (χ1) is 6.81. The molecule has 0 aliphatic rings. The number of nitrogens with zero attached hydrogens (tertiary/aromatic N) is 1. The van der Waals surface area contributed by atoms with Crippen molar-refractivity contribution in [2.24, 2.45) is 0 Å². The Kier molecular flexibility index (Phi) is 2.10. The predicted molar refractivity (Wildman–Crippen MR) is 52.9 cm³/mol. The molecule has 4 nitrogen and oxygen atoms in total. The summed E-state index contributed by atoms with van der Waals surface area (Å²) in [5.74, 6) is 1.38. The molecule has 72 valence electrons. The van der Waals surface area contributed by atoms with E-state index in [1.165, 1.54) is 6.39 Å². The summed E-state index contributed by atoms with van der Waals surface area (Å²) >= 11 is 0. The maximum atomic E-state index is 5.79. The summed E-state index contributed by atoms with van der Waals surface area (Å²) in [5.41, 5.74) is 7.23. The van der Waals surface area contributed by atoms with Crippen molar-refractivity contribution in [2.75, 3.05) is 12.8 Å². The molecule has 0 spiro atoms. The van der Waals surface area contributed by atoms with Gasteiger partial charge in [0.15, 0.2) is 12.2 Å². The smallest absolute Gasteiger partial charge is 0.181 e. The quantitative estimate of drug-likeness (QED) is 0.735. The number of hydrogen-bond acceptors (Lipinski definition) is 4. The third-order valence-corrected chi connectivity index (χ3v) is 1.96. The van der Waals surface area contributed by atoms with E-state index in [0.717, 1.165) is 11.3 Å². The lowest BCUT2D eigenvalue weighted by atomic mass is 10.1. The fourth-order valence-corrected chi connectivity index (χ4v) is 1.22. The van der Waals surface area contributed by atoms with Crippen LogP contribution in [0.1, 0.15) is 0 Å². The largest absolute Gasteiger partial charge is 0.497 e. The molecule has 1 heterocycles. The Morgan fingerprint density at radius 1 is 1.43 bits per heavy atom. The van der Waals surface area contributed by atoms with Gasteiger partial charge in [-0.05, 0) is 18.2 Å². The summed E-state index contributed by atoms with van der Waals surface area (Å²) in [7, 11) is 1.61. The predicted octanol–water partition coefficient (Wildman–Crippen LogP) is 1.93. The number of aromatic nitrogens is 1. The van der Waals surface area contributed by atoms with Crippen LogP contribution >= 0.6 is 0 Å². The van der Waals surface area contributed by atoms with Gasteiger partial charge in [-0.3, -0.25) is 0 Å². The molecular weight excluding hydrogens is 180 g/mol. The standard InChI is InChI=1S/C10H10N2O2/c1-13-7-2-3-9(11)8(4-7)10-5-12-6-14-10/h2-6H,11H2,1H3. The van der Waals surface area contributed by atoms with E-state index < -0.39 is 0 Å². The average Bonchev–Trinajstić information content (AvgIpc) is 2.71. The van der Waals surface area contributed by atoms with Crippen molar-refractivity contribution in [3.05, 3.63) is 30.8 Å². The molecule has 2 aromatic rings. The van der Waals surface area contributed by atoms with Crippen molar-refractivity contribution in [3.8, 4) is 17.1 Å². The molecule has 1 aromatic heterocycles. The topological polar surface area (TPSA) is 61.3 Å². The summed E-state index contributed by atoms with van der Waals surface area (Å²) in [4.78, 5) is 3.83. The Morgan fingerprint density at radius 2 is 2.29 bits per heavy atom. The van der Waals surface area contributed by atoms with Crippen LogP contribution in [-0.4, -0.2) is 12.1 Å². The highest BCUT2D eigenvalue weighted by atomic mass is 16.5. The van der Waals surface area contributed by atoms with Gasteiger partial charge in [0.1, 0.15) is 5.75 Å². The van der Waals surface area contributed by atoms with Crippen molar-refractivity contribution in [3.63, 3.8) is 0 Å². The fraction of sp³-hybridized carbons (Fsp3) is 0.100. The van der Waals surface area contributed by atoms with E-state index in [1.807, 2.05) is 6.07 Å². The second-order valence-electron chi connectivity index (χ2n) is 2.82. The molecule has 0 saturated carbocycles. The van der Waals surface area contributed by atoms with Crippen molar-refractivity contribution in [2.45, 2.75) is 0 Å². The molecule has 0 radical (unpaired) electrons. The first kappa shape index (κ1) is 8.62. The molecule has 1 aromatic carbocycles. The van der Waals surface area contributed by atoms with E-state index in [-0.39, 0.29) is 0 Å². The van der Waals surface area contributed by atoms with Gasteiger partial charge in [-0.2, -0.15) is 0 Å². The minimum atomic E-state index is 0.640. The van der Waals surface area contributed by atoms with Gasteiger partial charge in [-0.25, -0.2) is 4.98 Å². The van der Waals surface area contributed by atoms with Gasteiger partial charge in [-0.15, -0.1) is 0 Å². The Bertz CT molecular complexity index is 424. The van der Waals surface area contributed by atoms with Crippen LogP contribution in [0.15, 0.2) is 35.2 Å². The summed E-state index contributed by atoms with van der Waals surface area (Å²) in [6.45, 7) is 0. The van der Waals surface area contributed by atoms with Crippen LogP contribution in [0.4, 0.5) is 5.69 Å². The maximum Gasteiger partial charge on any atom is 0.181 e. The van der Waals surface area contributed by atoms with E-state index in [4.69, 9.17) is 14.9 Å². The van der Waals surface area contributed by atoms with Gasteiger partial charge >= 0.3 is 0 Å². The van der Waals surface area contributed by atoms with Gasteiger partial charge < -0.3 is 14.9 Å². The molecule has 2 N–H and O–H groups in total. The molecule has 0 atom stereocenters. The lowest BCUT2D eigenvalue weighted by Crippen LogP contribution is -1.90. The molecule has 0 unspecified atom stereocenters. The average molecular weight is 190 g/mol. The molecule has 0 bridgehead atoms. The summed E-state index contributed by atoms with van der Waals surface area (Å²) in [6.07, 6.45) is 2.99. The fourth-order valence-electron chi connectivity index (χ4n) is 1.22. The number of rotatable bonds is 2. The third-order valence-electron chi connectivity index (χ3n) is 1.96. The first-order valence-electron chi connectivity index (χ1n) is 4.13. The zero-order valence-corrected chi connectivity index (χ0v) is 7.73. The number of benzene rings is 1. The van der Waals surface area contributed by atoms with Crippen LogP contribution in [-0.2, 0) is 0 Å². The van der Waals surface area contributed by atoms with Crippen molar-refractivity contribution in [1.82, 2.24) is 4.98 Å². The summed E-state index contributed by atoms with van der Waals surface area (Å²) in [5, 5.41) is 0. The zero-order chi connectivity index (χ0) is 9.97. The first-order valence-corrected chi connectivity index (χ1v) is 4.13. The van der Waals surface area contributed by atoms with Crippen LogP contribution in [0, 0.1) is 0 Å². The number of anilines is 1. The Morgan fingerprint density at radius 3 is 2.93 bits per heavy atom. The second kappa shape index (κ2) is 3.41. The van der Waals surface area contributed by atoms with E-state index in [2.05, 4.69) is 4.98 Å². The summed E-state index contributed by atoms with van der Waals surface area (Å²) in [6, 6.07) is 5.39. The van der Waals surface area contributed by atoms with Crippen LogP contribution < -0.4 is 10.5 Å². The summed E-state index contributed by atoms with van der Waals surface area (Å²) < 4.78 is 10.2. The highest BCUT2D eigenvalue weighted by molar-refractivity contribution is 5.73. The number of oxazole rings is 1. The third kappa shape index (κ3) is 1.42. The van der Waals surface area contributed by atoms with Crippen LogP contribution in [0.3, 0.4) is 0 Å². The van der Waals surface area contributed by atoms with Crippen LogP contribution in [0.5, 0.6) is 5.75 Å². The number of nitrogens with two attached hydrogens (primary N) is 1. The van der Waals surface area contributed by atoms with E-state index >= 15 is 0 Å². The molecule has 0 fully saturated rings. The van der Waals surface area contributed by atoms with Crippen LogP contribution in [0.25, 0.3) is 11.3 Å². The molecular formula is C10H10N2O2. The number of hydrogen-bond donors (Lipinski definition) is 1. The van der Waals surface area contributed by atoms with Crippen molar-refractivity contribution in [1.29, 1.82) is 0 Å². The molecule has 14 heavy (non-hydrogen) atoms. The normalized spacial score (nSPS) is 10.1.